The first-order chi connectivity index (χ1) is 11.0. The van der Waals surface area contributed by atoms with E-state index in [1.807, 2.05) is 11.0 Å². The molecule has 0 saturated carbocycles. The number of fused-ring (bicyclic) bond motifs is 1. The van der Waals surface area contributed by atoms with Gasteiger partial charge < -0.3 is 15.7 Å². The summed E-state index contributed by atoms with van der Waals surface area (Å²) in [6.45, 7) is 5.51. The molecule has 0 radical (unpaired) electrons. The van der Waals surface area contributed by atoms with E-state index >= 15 is 0 Å². The molecule has 0 spiro atoms. The van der Waals surface area contributed by atoms with Gasteiger partial charge in [-0.15, -0.1) is 6.58 Å². The molecule has 1 aromatic heterocycles. The Labute approximate surface area is 134 Å². The third-order valence-electron chi connectivity index (χ3n) is 4.79. The fourth-order valence-electron chi connectivity index (χ4n) is 3.66. The van der Waals surface area contributed by atoms with Crippen molar-refractivity contribution in [3.8, 4) is 0 Å². The highest BCUT2D eigenvalue weighted by molar-refractivity contribution is 5.92. The quantitative estimate of drug-likeness (QED) is 0.753. The van der Waals surface area contributed by atoms with E-state index in [4.69, 9.17) is 5.73 Å². The second kappa shape index (κ2) is 5.66. The van der Waals surface area contributed by atoms with Gasteiger partial charge >= 0.3 is 5.97 Å². The van der Waals surface area contributed by atoms with Gasteiger partial charge in [0.25, 0.3) is 0 Å². The molecule has 1 aromatic rings. The second-order valence-electron chi connectivity index (χ2n) is 6.24. The summed E-state index contributed by atoms with van der Waals surface area (Å²) < 4.78 is 0. The predicted molar refractivity (Wildman–Crippen MR) is 84.3 cm³/mol. The first-order valence-corrected chi connectivity index (χ1v) is 7.53. The number of amides is 1. The summed E-state index contributed by atoms with van der Waals surface area (Å²) in [5.74, 6) is -1.09. The SMILES string of the molecule is C=CCN1C[C@@]2(C(=O)O)CN(Cc3cccnc3N)C[C@H]2C1=O. The van der Waals surface area contributed by atoms with Crippen molar-refractivity contribution < 1.29 is 14.7 Å². The third-order valence-corrected chi connectivity index (χ3v) is 4.79. The lowest BCUT2D eigenvalue weighted by molar-refractivity contribution is -0.149. The maximum atomic E-state index is 12.5. The van der Waals surface area contributed by atoms with Crippen molar-refractivity contribution in [2.75, 3.05) is 31.9 Å². The number of hydrogen-bond donors (Lipinski definition) is 2. The number of nitrogen functional groups attached to an aromatic ring is 1. The van der Waals surface area contributed by atoms with E-state index in [-0.39, 0.29) is 12.5 Å². The molecular weight excluding hydrogens is 296 g/mol. The van der Waals surface area contributed by atoms with Gasteiger partial charge in [-0.2, -0.15) is 0 Å². The molecule has 1 amide bonds. The lowest BCUT2D eigenvalue weighted by Crippen LogP contribution is -2.40. The van der Waals surface area contributed by atoms with Gasteiger partial charge in [0.2, 0.25) is 5.91 Å². The largest absolute Gasteiger partial charge is 0.481 e. The molecule has 3 rings (SSSR count). The van der Waals surface area contributed by atoms with Gasteiger partial charge in [0.05, 0.1) is 5.92 Å². The molecule has 0 aliphatic carbocycles. The molecule has 7 heteroatoms. The van der Waals surface area contributed by atoms with Crippen molar-refractivity contribution in [2.24, 2.45) is 11.3 Å². The highest BCUT2D eigenvalue weighted by Crippen LogP contribution is 2.44. The van der Waals surface area contributed by atoms with Crippen LogP contribution in [0, 0.1) is 11.3 Å². The summed E-state index contributed by atoms with van der Waals surface area (Å²) in [5, 5.41) is 9.75. The molecule has 3 heterocycles. The molecule has 122 valence electrons. The van der Waals surface area contributed by atoms with Crippen LogP contribution in [-0.2, 0) is 16.1 Å². The van der Waals surface area contributed by atoms with Crippen LogP contribution in [0.4, 0.5) is 5.82 Å². The molecule has 3 N–H and O–H groups in total. The Morgan fingerprint density at radius 3 is 2.96 bits per heavy atom. The number of aliphatic carboxylic acids is 1. The van der Waals surface area contributed by atoms with Gasteiger partial charge in [0.1, 0.15) is 11.2 Å². The number of nitrogens with two attached hydrogens (primary N) is 1. The number of nitrogens with zero attached hydrogens (tertiary/aromatic N) is 3. The van der Waals surface area contributed by atoms with E-state index in [0.717, 1.165) is 5.56 Å². The van der Waals surface area contributed by atoms with Crippen LogP contribution < -0.4 is 5.73 Å². The molecule has 23 heavy (non-hydrogen) atoms. The zero-order valence-electron chi connectivity index (χ0n) is 12.8. The van der Waals surface area contributed by atoms with Gasteiger partial charge in [-0.3, -0.25) is 14.5 Å². The van der Waals surface area contributed by atoms with Crippen molar-refractivity contribution in [1.82, 2.24) is 14.8 Å². The normalized spacial score (nSPS) is 27.2. The standard InChI is InChI=1S/C16H20N4O3/c1-2-6-20-10-16(15(22)23)9-19(8-12(16)14(20)21)7-11-4-3-5-18-13(11)17/h2-5,12H,1,6-10H2,(H2,17,18)(H,22,23)/t12-,16-/m0/s1. The highest BCUT2D eigenvalue weighted by atomic mass is 16.4. The van der Waals surface area contributed by atoms with Gasteiger partial charge in [-0.25, -0.2) is 4.98 Å². The number of anilines is 1. The summed E-state index contributed by atoms with van der Waals surface area (Å²) in [4.78, 5) is 32.0. The maximum Gasteiger partial charge on any atom is 0.313 e. The Hall–Kier alpha value is -2.41. The number of rotatable bonds is 5. The first-order valence-electron chi connectivity index (χ1n) is 7.53. The van der Waals surface area contributed by atoms with Crippen LogP contribution in [0.5, 0.6) is 0 Å². The van der Waals surface area contributed by atoms with Crippen molar-refractivity contribution in [3.05, 3.63) is 36.5 Å². The number of aromatic nitrogens is 1. The molecule has 0 unspecified atom stereocenters. The van der Waals surface area contributed by atoms with Crippen molar-refractivity contribution in [1.29, 1.82) is 0 Å². The average Bonchev–Trinajstić information content (AvgIpc) is 2.99. The van der Waals surface area contributed by atoms with Crippen LogP contribution in [0.15, 0.2) is 31.0 Å². The van der Waals surface area contributed by atoms with E-state index in [2.05, 4.69) is 11.6 Å². The maximum absolute atomic E-state index is 12.5. The first kappa shape index (κ1) is 15.5. The Morgan fingerprint density at radius 2 is 2.35 bits per heavy atom. The lowest BCUT2D eigenvalue weighted by Gasteiger charge is -2.24. The van der Waals surface area contributed by atoms with Crippen molar-refractivity contribution in [2.45, 2.75) is 6.54 Å². The summed E-state index contributed by atoms with van der Waals surface area (Å²) >= 11 is 0. The molecule has 2 aliphatic rings. The van der Waals surface area contributed by atoms with E-state index in [1.54, 1.807) is 23.2 Å². The Kier molecular flexibility index (Phi) is 3.81. The fourth-order valence-corrected chi connectivity index (χ4v) is 3.66. The summed E-state index contributed by atoms with van der Waals surface area (Å²) in [6.07, 6.45) is 3.25. The van der Waals surface area contributed by atoms with Gasteiger partial charge in [-0.05, 0) is 6.07 Å². The Bertz CT molecular complexity index is 662. The zero-order valence-corrected chi connectivity index (χ0v) is 12.8. The third kappa shape index (κ3) is 2.46. The van der Waals surface area contributed by atoms with Gasteiger partial charge in [0.15, 0.2) is 0 Å². The van der Waals surface area contributed by atoms with Crippen molar-refractivity contribution >= 4 is 17.7 Å². The van der Waals surface area contributed by atoms with E-state index in [1.165, 1.54) is 0 Å². The minimum absolute atomic E-state index is 0.103. The number of carboxylic acid groups (broad SMARTS) is 1. The molecule has 2 saturated heterocycles. The van der Waals surface area contributed by atoms with Crippen LogP contribution in [0.3, 0.4) is 0 Å². The highest BCUT2D eigenvalue weighted by Gasteiger charge is 2.61. The van der Waals surface area contributed by atoms with Crippen LogP contribution in [0.1, 0.15) is 5.56 Å². The number of carbonyl (C=O) groups is 2. The Morgan fingerprint density at radius 1 is 1.57 bits per heavy atom. The number of carboxylic acids is 1. The fraction of sp³-hybridized carbons (Fsp3) is 0.438. The number of likely N-dealkylation sites (tertiary alicyclic amines) is 2. The van der Waals surface area contributed by atoms with Gasteiger partial charge in [-0.1, -0.05) is 12.1 Å². The minimum atomic E-state index is -1.04. The topological polar surface area (TPSA) is 99.8 Å². The van der Waals surface area contributed by atoms with Crippen molar-refractivity contribution in [3.63, 3.8) is 0 Å². The molecule has 2 fully saturated rings. The lowest BCUT2D eigenvalue weighted by atomic mass is 9.81. The van der Waals surface area contributed by atoms with Crippen LogP contribution >= 0.6 is 0 Å². The molecule has 7 nitrogen and oxygen atoms in total. The summed E-state index contributed by atoms with van der Waals surface area (Å²) in [5.41, 5.74) is 5.66. The average molecular weight is 316 g/mol. The number of hydrogen-bond acceptors (Lipinski definition) is 5. The number of pyridine rings is 1. The van der Waals surface area contributed by atoms with Gasteiger partial charge in [0, 0.05) is 44.5 Å². The Balaban J connectivity index is 1.81. The summed E-state index contributed by atoms with van der Waals surface area (Å²) in [6, 6.07) is 3.67. The summed E-state index contributed by atoms with van der Waals surface area (Å²) in [7, 11) is 0. The number of carbonyl (C=O) groups excluding carboxylic acids is 1. The van der Waals surface area contributed by atoms with Crippen LogP contribution in [0.2, 0.25) is 0 Å². The molecule has 2 aliphatic heterocycles. The van der Waals surface area contributed by atoms with E-state index in [9.17, 15) is 14.7 Å². The van der Waals surface area contributed by atoms with Crippen LogP contribution in [0.25, 0.3) is 0 Å². The monoisotopic (exact) mass is 316 g/mol. The second-order valence-corrected chi connectivity index (χ2v) is 6.24. The molecule has 2 atom stereocenters. The minimum Gasteiger partial charge on any atom is -0.481 e. The zero-order chi connectivity index (χ0) is 16.6. The van der Waals surface area contributed by atoms with E-state index in [0.29, 0.717) is 32.0 Å². The van der Waals surface area contributed by atoms with E-state index < -0.39 is 17.3 Å². The smallest absolute Gasteiger partial charge is 0.313 e. The van der Waals surface area contributed by atoms with Crippen LogP contribution in [-0.4, -0.2) is 57.9 Å². The molecular formula is C16H20N4O3. The predicted octanol–water partition coefficient (Wildman–Crippen LogP) is 0.195. The molecule has 0 aromatic carbocycles. The molecule has 0 bridgehead atoms.